The Morgan fingerprint density at radius 1 is 1.16 bits per heavy atom. The average molecular weight is 454 g/mol. The predicted octanol–water partition coefficient (Wildman–Crippen LogP) is 4.65. The second kappa shape index (κ2) is 8.99. The number of halogens is 1. The molecule has 31 heavy (non-hydrogen) atoms. The molecule has 2 aromatic carbocycles. The number of ketones is 1. The highest BCUT2D eigenvalue weighted by atomic mass is 35.5. The number of thiazole rings is 1. The van der Waals surface area contributed by atoms with Gasteiger partial charge >= 0.3 is 0 Å². The van der Waals surface area contributed by atoms with Gasteiger partial charge in [0.2, 0.25) is 11.8 Å². The summed E-state index contributed by atoms with van der Waals surface area (Å²) in [6.07, 6.45) is 0.132. The van der Waals surface area contributed by atoms with Crippen LogP contribution in [0.4, 0.5) is 5.13 Å². The fourth-order valence-electron chi connectivity index (χ4n) is 3.54. The van der Waals surface area contributed by atoms with Gasteiger partial charge in [-0.25, -0.2) is 4.98 Å². The fourth-order valence-corrected chi connectivity index (χ4v) is 4.63. The Labute approximate surface area is 188 Å². The maximum absolute atomic E-state index is 12.8. The minimum Gasteiger partial charge on any atom is -0.337 e. The van der Waals surface area contributed by atoms with Crippen molar-refractivity contribution >= 4 is 45.7 Å². The molecule has 1 aromatic heterocycles. The highest BCUT2D eigenvalue weighted by molar-refractivity contribution is 7.18. The monoisotopic (exact) mass is 453 g/mol. The molecule has 1 saturated heterocycles. The summed E-state index contributed by atoms with van der Waals surface area (Å²) < 4.78 is 0. The Hall–Kier alpha value is -3.03. The van der Waals surface area contributed by atoms with Crippen LogP contribution in [-0.2, 0) is 16.1 Å². The molecule has 1 aliphatic heterocycles. The van der Waals surface area contributed by atoms with E-state index in [4.69, 9.17) is 11.6 Å². The maximum atomic E-state index is 12.8. The summed E-state index contributed by atoms with van der Waals surface area (Å²) in [6, 6.07) is 16.7. The van der Waals surface area contributed by atoms with Crippen molar-refractivity contribution < 1.29 is 14.4 Å². The summed E-state index contributed by atoms with van der Waals surface area (Å²) >= 11 is 7.35. The minimum atomic E-state index is -0.486. The number of nitrogens with one attached hydrogen (secondary N) is 1. The van der Waals surface area contributed by atoms with E-state index < -0.39 is 5.92 Å². The topological polar surface area (TPSA) is 79.4 Å². The second-order valence-corrected chi connectivity index (χ2v) is 8.78. The normalized spacial score (nSPS) is 15.9. The molecule has 2 heterocycles. The van der Waals surface area contributed by atoms with Crippen LogP contribution in [0.2, 0.25) is 5.02 Å². The first-order valence-corrected chi connectivity index (χ1v) is 11.0. The molecule has 1 unspecified atom stereocenters. The van der Waals surface area contributed by atoms with Gasteiger partial charge in [-0.3, -0.25) is 14.4 Å². The first kappa shape index (κ1) is 21.2. The summed E-state index contributed by atoms with van der Waals surface area (Å²) in [6.45, 7) is 2.16. The third-order valence-electron chi connectivity index (χ3n) is 5.13. The molecule has 8 heteroatoms. The van der Waals surface area contributed by atoms with E-state index in [0.717, 1.165) is 22.5 Å². The average Bonchev–Trinajstić information content (AvgIpc) is 3.34. The van der Waals surface area contributed by atoms with Crippen LogP contribution in [0, 0.1) is 5.92 Å². The Bertz CT molecular complexity index is 1150. The van der Waals surface area contributed by atoms with Crippen LogP contribution >= 0.6 is 22.9 Å². The lowest BCUT2D eigenvalue weighted by Gasteiger charge is -2.17. The standard InChI is InChI=1S/C23H20ClN3O3S/c1-14(28)21-20(15-7-3-2-4-8-15)25-23(31-21)26-22(30)17-11-19(29)27(13-17)12-16-9-5-6-10-18(16)24/h2-10,17H,11-13H2,1H3,(H,25,26,30). The lowest BCUT2D eigenvalue weighted by molar-refractivity contribution is -0.128. The molecule has 6 nitrogen and oxygen atoms in total. The van der Waals surface area contributed by atoms with E-state index in [2.05, 4.69) is 10.3 Å². The lowest BCUT2D eigenvalue weighted by atomic mass is 10.1. The SMILES string of the molecule is CC(=O)c1sc(NC(=O)C2CC(=O)N(Cc3ccccc3Cl)C2)nc1-c1ccccc1. The Balaban J connectivity index is 1.47. The van der Waals surface area contributed by atoms with E-state index in [1.165, 1.54) is 6.92 Å². The number of rotatable bonds is 6. The number of benzene rings is 2. The van der Waals surface area contributed by atoms with Gasteiger partial charge in [-0.05, 0) is 11.6 Å². The molecular weight excluding hydrogens is 434 g/mol. The molecule has 0 radical (unpaired) electrons. The molecule has 3 aromatic rings. The number of likely N-dealkylation sites (tertiary alicyclic amines) is 1. The van der Waals surface area contributed by atoms with Gasteiger partial charge in [0.05, 0.1) is 16.5 Å². The molecule has 1 N–H and O–H groups in total. The third-order valence-corrected chi connectivity index (χ3v) is 6.57. The van der Waals surface area contributed by atoms with Crippen molar-refractivity contribution in [2.75, 3.05) is 11.9 Å². The molecule has 0 spiro atoms. The van der Waals surface area contributed by atoms with Crippen LogP contribution < -0.4 is 5.32 Å². The van der Waals surface area contributed by atoms with Crippen LogP contribution in [-0.4, -0.2) is 34.0 Å². The Morgan fingerprint density at radius 3 is 2.58 bits per heavy atom. The zero-order chi connectivity index (χ0) is 22.0. The van der Waals surface area contributed by atoms with Crippen molar-refractivity contribution in [3.8, 4) is 11.3 Å². The number of amides is 2. The molecule has 0 saturated carbocycles. The summed E-state index contributed by atoms with van der Waals surface area (Å²) in [4.78, 5) is 43.9. The Morgan fingerprint density at radius 2 is 1.87 bits per heavy atom. The van der Waals surface area contributed by atoms with Crippen molar-refractivity contribution in [2.45, 2.75) is 19.9 Å². The third kappa shape index (κ3) is 4.68. The highest BCUT2D eigenvalue weighted by Crippen LogP contribution is 2.32. The number of aromatic nitrogens is 1. The van der Waals surface area contributed by atoms with E-state index in [0.29, 0.717) is 33.8 Å². The molecule has 0 bridgehead atoms. The summed E-state index contributed by atoms with van der Waals surface area (Å²) in [7, 11) is 0. The molecule has 0 aliphatic carbocycles. The van der Waals surface area contributed by atoms with Crippen molar-refractivity contribution in [1.82, 2.24) is 9.88 Å². The van der Waals surface area contributed by atoms with Gasteiger partial charge in [-0.15, -0.1) is 0 Å². The molecular formula is C23H20ClN3O3S. The van der Waals surface area contributed by atoms with E-state index in [9.17, 15) is 14.4 Å². The maximum Gasteiger partial charge on any atom is 0.231 e. The van der Waals surface area contributed by atoms with Crippen LogP contribution in [0.5, 0.6) is 0 Å². The summed E-state index contributed by atoms with van der Waals surface area (Å²) in [5, 5.41) is 3.74. The van der Waals surface area contributed by atoms with Gasteiger partial charge in [-0.2, -0.15) is 0 Å². The fraction of sp³-hybridized carbons (Fsp3) is 0.217. The van der Waals surface area contributed by atoms with Crippen molar-refractivity contribution in [3.05, 3.63) is 70.1 Å². The number of hydrogen-bond donors (Lipinski definition) is 1. The molecule has 1 aliphatic rings. The largest absolute Gasteiger partial charge is 0.337 e. The molecule has 1 fully saturated rings. The van der Waals surface area contributed by atoms with Gasteiger partial charge in [-0.1, -0.05) is 71.5 Å². The van der Waals surface area contributed by atoms with Gasteiger partial charge < -0.3 is 10.2 Å². The minimum absolute atomic E-state index is 0.0893. The number of nitrogens with zero attached hydrogens (tertiary/aromatic N) is 2. The smallest absolute Gasteiger partial charge is 0.231 e. The zero-order valence-electron chi connectivity index (χ0n) is 16.8. The number of anilines is 1. The second-order valence-electron chi connectivity index (χ2n) is 7.37. The molecule has 158 valence electrons. The van der Waals surface area contributed by atoms with E-state index in [-0.39, 0.29) is 24.0 Å². The number of carbonyl (C=O) groups excluding carboxylic acids is 3. The first-order valence-electron chi connectivity index (χ1n) is 9.81. The highest BCUT2D eigenvalue weighted by Gasteiger charge is 2.35. The van der Waals surface area contributed by atoms with Crippen molar-refractivity contribution in [3.63, 3.8) is 0 Å². The Kier molecular flexibility index (Phi) is 6.15. The van der Waals surface area contributed by atoms with Crippen molar-refractivity contribution in [1.29, 1.82) is 0 Å². The van der Waals surface area contributed by atoms with Gasteiger partial charge in [0.15, 0.2) is 10.9 Å². The van der Waals surface area contributed by atoms with Gasteiger partial charge in [0, 0.05) is 37.0 Å². The predicted molar refractivity (Wildman–Crippen MR) is 121 cm³/mol. The summed E-state index contributed by atoms with van der Waals surface area (Å²) in [5.41, 5.74) is 2.21. The van der Waals surface area contributed by atoms with Crippen molar-refractivity contribution in [2.24, 2.45) is 5.92 Å². The zero-order valence-corrected chi connectivity index (χ0v) is 18.4. The molecule has 1 atom stereocenters. The van der Waals surface area contributed by atoms with E-state index in [1.54, 1.807) is 11.0 Å². The molecule has 2 amide bonds. The van der Waals surface area contributed by atoms with E-state index in [1.807, 2.05) is 48.5 Å². The van der Waals surface area contributed by atoms with Crippen LogP contribution in [0.25, 0.3) is 11.3 Å². The quantitative estimate of drug-likeness (QED) is 0.551. The van der Waals surface area contributed by atoms with Gasteiger partial charge in [0.1, 0.15) is 0 Å². The van der Waals surface area contributed by atoms with Crippen LogP contribution in [0.15, 0.2) is 54.6 Å². The van der Waals surface area contributed by atoms with Crippen LogP contribution in [0.3, 0.4) is 0 Å². The number of carbonyl (C=O) groups is 3. The number of hydrogen-bond acceptors (Lipinski definition) is 5. The molecule has 4 rings (SSSR count). The summed E-state index contributed by atoms with van der Waals surface area (Å²) in [5.74, 6) is -0.967. The number of Topliss-reactive ketones (excluding diaryl/α,β-unsaturated/α-hetero) is 1. The van der Waals surface area contributed by atoms with Crippen LogP contribution in [0.1, 0.15) is 28.6 Å². The van der Waals surface area contributed by atoms with Gasteiger partial charge in [0.25, 0.3) is 0 Å². The van der Waals surface area contributed by atoms with E-state index >= 15 is 0 Å². The lowest BCUT2D eigenvalue weighted by Crippen LogP contribution is -2.28. The first-order chi connectivity index (χ1) is 14.9.